The van der Waals surface area contributed by atoms with E-state index in [9.17, 15) is 24.3 Å². The Hall–Kier alpha value is -4.45. The molecule has 12 heteroatoms. The number of amides is 3. The number of likely N-dealkylation sites (N-methyl/N-ethyl adjacent to an activating group) is 1. The van der Waals surface area contributed by atoms with E-state index in [1.807, 2.05) is 13.0 Å². The Kier molecular flexibility index (Phi) is 7.68. The van der Waals surface area contributed by atoms with Gasteiger partial charge in [0.2, 0.25) is 5.91 Å². The van der Waals surface area contributed by atoms with Crippen LogP contribution < -0.4 is 15.8 Å². The van der Waals surface area contributed by atoms with Crippen LogP contribution in [0.1, 0.15) is 39.9 Å². The summed E-state index contributed by atoms with van der Waals surface area (Å²) >= 11 is 0. The van der Waals surface area contributed by atoms with Gasteiger partial charge in [-0.05, 0) is 42.8 Å². The van der Waals surface area contributed by atoms with Gasteiger partial charge in [0.05, 0.1) is 24.1 Å². The van der Waals surface area contributed by atoms with Crippen LogP contribution in [0.25, 0.3) is 11.0 Å². The maximum Gasteiger partial charge on any atom is 0.305 e. The van der Waals surface area contributed by atoms with Gasteiger partial charge in [0.15, 0.2) is 5.82 Å². The number of carboxylic acid groups (broad SMARTS) is 1. The van der Waals surface area contributed by atoms with Crippen LogP contribution in [0.3, 0.4) is 0 Å². The first-order valence-corrected chi connectivity index (χ1v) is 11.8. The summed E-state index contributed by atoms with van der Waals surface area (Å²) in [6, 6.07) is 11.1. The highest BCUT2D eigenvalue weighted by atomic mass is 16.5. The molecule has 3 aromatic rings. The van der Waals surface area contributed by atoms with Crippen molar-refractivity contribution >= 4 is 40.4 Å². The third kappa shape index (κ3) is 5.70. The summed E-state index contributed by atoms with van der Waals surface area (Å²) < 4.78 is 5.39. The summed E-state index contributed by atoms with van der Waals surface area (Å²) in [6.07, 6.45) is -0.365. The molecule has 0 spiro atoms. The van der Waals surface area contributed by atoms with Crippen molar-refractivity contribution in [3.63, 3.8) is 0 Å². The van der Waals surface area contributed by atoms with Crippen LogP contribution >= 0.6 is 0 Å². The standard InChI is InChI=1S/C25H28N6O6/c1-3-37-11-10-31-14-16-12-15(8-9-19(16)30(2)20(25(31)36)13-21(32)33)23(34)28-29-24(35)22-26-17-6-4-5-7-18(17)27-22/h4-9,12,20H,3,10-11,13-14H2,1-2H3,(H,26,27)(H,28,34)(H,29,35)(H,32,33). The lowest BCUT2D eigenvalue weighted by atomic mass is 10.1. The summed E-state index contributed by atoms with van der Waals surface area (Å²) in [5.41, 5.74) is 7.61. The molecular formula is C25H28N6O6. The molecule has 0 bridgehead atoms. The number of aliphatic carboxylic acids is 1. The number of rotatable bonds is 8. The fourth-order valence-electron chi connectivity index (χ4n) is 4.23. The van der Waals surface area contributed by atoms with E-state index < -0.39 is 23.8 Å². The van der Waals surface area contributed by atoms with Crippen molar-refractivity contribution in [3.05, 3.63) is 59.4 Å². The predicted molar refractivity (Wildman–Crippen MR) is 134 cm³/mol. The van der Waals surface area contributed by atoms with E-state index in [0.29, 0.717) is 35.5 Å². The number of aromatic amines is 1. The number of carbonyl (C=O) groups excluding carboxylic acids is 3. The lowest BCUT2D eigenvalue weighted by molar-refractivity contribution is -0.142. The molecule has 1 atom stereocenters. The molecule has 37 heavy (non-hydrogen) atoms. The van der Waals surface area contributed by atoms with Gasteiger partial charge in [-0.2, -0.15) is 0 Å². The second-order valence-electron chi connectivity index (χ2n) is 8.54. The molecule has 1 aliphatic rings. The second-order valence-corrected chi connectivity index (χ2v) is 8.54. The van der Waals surface area contributed by atoms with Crippen LogP contribution in [0, 0.1) is 0 Å². The van der Waals surface area contributed by atoms with Gasteiger partial charge in [-0.3, -0.25) is 30.0 Å². The van der Waals surface area contributed by atoms with Gasteiger partial charge in [-0.25, -0.2) is 4.98 Å². The van der Waals surface area contributed by atoms with E-state index in [1.165, 1.54) is 4.90 Å². The third-order valence-corrected chi connectivity index (χ3v) is 6.12. The van der Waals surface area contributed by atoms with Crippen LogP contribution in [0.4, 0.5) is 5.69 Å². The summed E-state index contributed by atoms with van der Waals surface area (Å²) in [5, 5.41) is 9.37. The Balaban J connectivity index is 1.51. The maximum atomic E-state index is 13.2. The van der Waals surface area contributed by atoms with Crippen molar-refractivity contribution in [2.75, 3.05) is 31.7 Å². The number of carbonyl (C=O) groups is 4. The van der Waals surface area contributed by atoms with Crippen molar-refractivity contribution in [2.24, 2.45) is 0 Å². The van der Waals surface area contributed by atoms with E-state index in [2.05, 4.69) is 20.8 Å². The molecule has 1 unspecified atom stereocenters. The van der Waals surface area contributed by atoms with Crippen molar-refractivity contribution in [3.8, 4) is 0 Å². The number of aromatic nitrogens is 2. The molecule has 0 radical (unpaired) electrons. The molecular weight excluding hydrogens is 480 g/mol. The number of hydrazine groups is 1. The average Bonchev–Trinajstić information content (AvgIpc) is 3.30. The van der Waals surface area contributed by atoms with Crippen LogP contribution in [-0.4, -0.2) is 76.5 Å². The normalized spacial score (nSPS) is 15.3. The van der Waals surface area contributed by atoms with Gasteiger partial charge in [0.25, 0.3) is 5.91 Å². The van der Waals surface area contributed by atoms with Crippen LogP contribution in [0.2, 0.25) is 0 Å². The molecule has 2 aromatic carbocycles. The van der Waals surface area contributed by atoms with E-state index in [4.69, 9.17) is 4.74 Å². The molecule has 3 amide bonds. The first-order chi connectivity index (χ1) is 17.8. The van der Waals surface area contributed by atoms with Crippen molar-refractivity contribution < 1.29 is 29.0 Å². The number of carboxylic acids is 1. The average molecular weight is 509 g/mol. The lowest BCUT2D eigenvalue weighted by Gasteiger charge is -2.28. The largest absolute Gasteiger partial charge is 0.481 e. The van der Waals surface area contributed by atoms with E-state index >= 15 is 0 Å². The number of fused-ring (bicyclic) bond motifs is 2. The molecule has 0 saturated heterocycles. The third-order valence-electron chi connectivity index (χ3n) is 6.12. The molecule has 194 valence electrons. The first kappa shape index (κ1) is 25.6. The monoisotopic (exact) mass is 508 g/mol. The summed E-state index contributed by atoms with van der Waals surface area (Å²) in [5.74, 6) is -2.53. The Morgan fingerprint density at radius 2 is 1.92 bits per heavy atom. The zero-order valence-electron chi connectivity index (χ0n) is 20.5. The molecule has 0 aliphatic carbocycles. The van der Waals surface area contributed by atoms with Gasteiger partial charge in [0.1, 0.15) is 6.04 Å². The minimum Gasteiger partial charge on any atom is -0.481 e. The quantitative estimate of drug-likeness (QED) is 0.262. The summed E-state index contributed by atoms with van der Waals surface area (Å²) in [7, 11) is 1.66. The number of ether oxygens (including phenoxy) is 1. The molecule has 4 rings (SSSR count). The SMILES string of the molecule is CCOCCN1Cc2cc(C(=O)NNC(=O)c3nc4ccccc4[nH]3)ccc2N(C)C(CC(=O)O)C1=O. The van der Waals surface area contributed by atoms with E-state index in [1.54, 1.807) is 48.3 Å². The number of nitrogens with one attached hydrogen (secondary N) is 3. The summed E-state index contributed by atoms with van der Waals surface area (Å²) in [4.78, 5) is 60.2. The van der Waals surface area contributed by atoms with Crippen molar-refractivity contribution in [2.45, 2.75) is 25.9 Å². The number of imidazole rings is 1. The van der Waals surface area contributed by atoms with E-state index in [-0.39, 0.29) is 36.8 Å². The molecule has 0 fully saturated rings. The van der Waals surface area contributed by atoms with Crippen LogP contribution in [0.15, 0.2) is 42.5 Å². The van der Waals surface area contributed by atoms with Gasteiger partial charge in [-0.15, -0.1) is 0 Å². The smallest absolute Gasteiger partial charge is 0.305 e. The number of anilines is 1. The minimum absolute atomic E-state index is 0.0537. The lowest BCUT2D eigenvalue weighted by Crippen LogP contribution is -2.47. The van der Waals surface area contributed by atoms with Crippen molar-refractivity contribution in [1.82, 2.24) is 25.7 Å². The number of nitrogens with zero attached hydrogens (tertiary/aromatic N) is 3. The Bertz CT molecular complexity index is 1310. The van der Waals surface area contributed by atoms with Gasteiger partial charge in [0, 0.05) is 38.0 Å². The Morgan fingerprint density at radius 1 is 1.16 bits per heavy atom. The highest BCUT2D eigenvalue weighted by molar-refractivity contribution is 5.99. The number of benzene rings is 2. The molecule has 1 aliphatic heterocycles. The Labute approximate surface area is 212 Å². The number of hydrogen-bond acceptors (Lipinski definition) is 7. The van der Waals surface area contributed by atoms with Gasteiger partial charge in [-0.1, -0.05) is 12.1 Å². The molecule has 1 aromatic heterocycles. The van der Waals surface area contributed by atoms with E-state index in [0.717, 1.165) is 0 Å². The van der Waals surface area contributed by atoms with Gasteiger partial charge >= 0.3 is 11.9 Å². The Morgan fingerprint density at radius 3 is 2.65 bits per heavy atom. The zero-order valence-corrected chi connectivity index (χ0v) is 20.5. The fraction of sp³-hybridized carbons (Fsp3) is 0.320. The number of para-hydroxylation sites is 2. The first-order valence-electron chi connectivity index (χ1n) is 11.8. The number of hydrogen-bond donors (Lipinski definition) is 4. The predicted octanol–water partition coefficient (Wildman–Crippen LogP) is 1.30. The van der Waals surface area contributed by atoms with Crippen LogP contribution in [-0.2, 0) is 20.9 Å². The minimum atomic E-state index is -1.09. The molecule has 12 nitrogen and oxygen atoms in total. The molecule has 2 heterocycles. The van der Waals surface area contributed by atoms with Crippen LogP contribution in [0.5, 0.6) is 0 Å². The highest BCUT2D eigenvalue weighted by Gasteiger charge is 2.34. The van der Waals surface area contributed by atoms with Crippen molar-refractivity contribution in [1.29, 1.82) is 0 Å². The number of H-pyrrole nitrogens is 1. The molecule has 0 saturated carbocycles. The summed E-state index contributed by atoms with van der Waals surface area (Å²) in [6.45, 7) is 3.09. The topological polar surface area (TPSA) is 157 Å². The fourth-order valence-corrected chi connectivity index (χ4v) is 4.23. The zero-order chi connectivity index (χ0) is 26.5. The second kappa shape index (κ2) is 11.1. The highest BCUT2D eigenvalue weighted by Crippen LogP contribution is 2.29. The maximum absolute atomic E-state index is 13.2. The van der Waals surface area contributed by atoms with Gasteiger partial charge < -0.3 is 24.6 Å². The molecule has 4 N–H and O–H groups in total.